The summed E-state index contributed by atoms with van der Waals surface area (Å²) in [5, 5.41) is 15.6. The lowest BCUT2D eigenvalue weighted by atomic mass is 10.3. The van der Waals surface area contributed by atoms with Gasteiger partial charge in [0.1, 0.15) is 11.8 Å². The van der Waals surface area contributed by atoms with E-state index in [2.05, 4.69) is 26.0 Å². The maximum absolute atomic E-state index is 8.78. The Balaban J connectivity index is 1.88. The van der Waals surface area contributed by atoms with E-state index in [0.717, 1.165) is 5.56 Å². The van der Waals surface area contributed by atoms with Crippen molar-refractivity contribution < 1.29 is 4.52 Å². The third-order valence-corrected chi connectivity index (χ3v) is 2.20. The second kappa shape index (κ2) is 4.59. The number of hydrogen-bond donors (Lipinski definition) is 1. The summed E-state index contributed by atoms with van der Waals surface area (Å²) < 4.78 is 6.41. The van der Waals surface area contributed by atoms with Crippen LogP contribution in [0.2, 0.25) is 0 Å². The van der Waals surface area contributed by atoms with E-state index in [0.29, 0.717) is 24.6 Å². The molecular formula is C10H11N5O. The lowest BCUT2D eigenvalue weighted by molar-refractivity contribution is 0.407. The highest BCUT2D eigenvalue weighted by molar-refractivity contribution is 5.28. The standard InChI is InChI=1S/C10H11N5O/c1-15-6-8(2-9(15)3-11)4-12-5-10-13-7-16-14-10/h2,6-7,12H,4-5H2,1H3. The molecule has 0 atom stereocenters. The molecule has 0 aromatic carbocycles. The van der Waals surface area contributed by atoms with Gasteiger partial charge >= 0.3 is 0 Å². The molecule has 0 fully saturated rings. The Morgan fingerprint density at radius 2 is 2.44 bits per heavy atom. The number of aryl methyl sites for hydroxylation is 1. The predicted molar refractivity (Wildman–Crippen MR) is 55.0 cm³/mol. The average Bonchev–Trinajstić information content (AvgIpc) is 2.88. The van der Waals surface area contributed by atoms with Gasteiger partial charge < -0.3 is 14.4 Å². The molecule has 2 heterocycles. The molecule has 0 bridgehead atoms. The van der Waals surface area contributed by atoms with E-state index in [1.807, 2.05) is 19.3 Å². The summed E-state index contributed by atoms with van der Waals surface area (Å²) in [6, 6.07) is 3.97. The van der Waals surface area contributed by atoms with Gasteiger partial charge in [-0.05, 0) is 11.6 Å². The molecule has 2 aromatic heterocycles. The first kappa shape index (κ1) is 10.4. The fourth-order valence-electron chi connectivity index (χ4n) is 1.43. The van der Waals surface area contributed by atoms with Crippen molar-refractivity contribution in [3.63, 3.8) is 0 Å². The Kier molecular flexibility index (Phi) is 2.98. The van der Waals surface area contributed by atoms with Crippen molar-refractivity contribution in [3.8, 4) is 6.07 Å². The van der Waals surface area contributed by atoms with Gasteiger partial charge in [-0.25, -0.2) is 0 Å². The Labute approximate surface area is 92.5 Å². The summed E-state index contributed by atoms with van der Waals surface area (Å²) in [7, 11) is 1.85. The van der Waals surface area contributed by atoms with Gasteiger partial charge in [0.2, 0.25) is 6.39 Å². The molecule has 2 rings (SSSR count). The van der Waals surface area contributed by atoms with Gasteiger partial charge in [-0.2, -0.15) is 10.2 Å². The zero-order valence-corrected chi connectivity index (χ0v) is 8.84. The van der Waals surface area contributed by atoms with Crippen molar-refractivity contribution in [3.05, 3.63) is 35.7 Å². The summed E-state index contributed by atoms with van der Waals surface area (Å²) in [4.78, 5) is 3.89. The first-order valence-electron chi connectivity index (χ1n) is 4.81. The molecule has 1 N–H and O–H groups in total. The highest BCUT2D eigenvalue weighted by Crippen LogP contribution is 2.05. The molecule has 16 heavy (non-hydrogen) atoms. The minimum Gasteiger partial charge on any atom is -0.343 e. The Bertz CT molecular complexity index is 494. The predicted octanol–water partition coefficient (Wildman–Crippen LogP) is 0.570. The monoisotopic (exact) mass is 217 g/mol. The van der Waals surface area contributed by atoms with Crippen LogP contribution >= 0.6 is 0 Å². The van der Waals surface area contributed by atoms with Crippen molar-refractivity contribution in [2.24, 2.45) is 7.05 Å². The quantitative estimate of drug-likeness (QED) is 0.809. The summed E-state index contributed by atoms with van der Waals surface area (Å²) >= 11 is 0. The molecule has 0 spiro atoms. The lowest BCUT2D eigenvalue weighted by Crippen LogP contribution is -2.13. The van der Waals surface area contributed by atoms with Crippen LogP contribution in [0.15, 0.2) is 23.2 Å². The fraction of sp³-hybridized carbons (Fsp3) is 0.300. The molecule has 6 nitrogen and oxygen atoms in total. The molecular weight excluding hydrogens is 206 g/mol. The van der Waals surface area contributed by atoms with Gasteiger partial charge in [0.05, 0.1) is 6.54 Å². The van der Waals surface area contributed by atoms with E-state index in [4.69, 9.17) is 5.26 Å². The number of rotatable bonds is 4. The zero-order chi connectivity index (χ0) is 11.4. The Morgan fingerprint density at radius 3 is 3.06 bits per heavy atom. The largest absolute Gasteiger partial charge is 0.343 e. The molecule has 0 unspecified atom stereocenters. The minimum atomic E-state index is 0.549. The summed E-state index contributed by atoms with van der Waals surface area (Å²) in [5.74, 6) is 0.622. The average molecular weight is 217 g/mol. The second-order valence-electron chi connectivity index (χ2n) is 3.41. The Morgan fingerprint density at radius 1 is 1.56 bits per heavy atom. The van der Waals surface area contributed by atoms with Crippen LogP contribution in [0.1, 0.15) is 17.1 Å². The summed E-state index contributed by atoms with van der Waals surface area (Å²) in [5.41, 5.74) is 1.71. The van der Waals surface area contributed by atoms with Crippen LogP contribution in [0.3, 0.4) is 0 Å². The molecule has 2 aromatic rings. The molecule has 0 saturated carbocycles. The van der Waals surface area contributed by atoms with Crippen molar-refractivity contribution in [2.45, 2.75) is 13.1 Å². The Hall–Kier alpha value is -2.13. The number of nitrogens with one attached hydrogen (secondary N) is 1. The number of nitriles is 1. The molecule has 0 aliphatic rings. The topological polar surface area (TPSA) is 79.7 Å². The van der Waals surface area contributed by atoms with Crippen LogP contribution in [-0.4, -0.2) is 14.7 Å². The lowest BCUT2D eigenvalue weighted by Gasteiger charge is -1.98. The third kappa shape index (κ3) is 2.27. The smallest absolute Gasteiger partial charge is 0.213 e. The second-order valence-corrected chi connectivity index (χ2v) is 3.41. The molecule has 0 aliphatic heterocycles. The summed E-state index contributed by atoms with van der Waals surface area (Å²) in [6.45, 7) is 1.22. The number of aromatic nitrogens is 3. The number of hydrogen-bond acceptors (Lipinski definition) is 5. The van der Waals surface area contributed by atoms with E-state index in [1.165, 1.54) is 6.39 Å². The van der Waals surface area contributed by atoms with Gasteiger partial charge in [0.15, 0.2) is 5.82 Å². The van der Waals surface area contributed by atoms with Crippen molar-refractivity contribution >= 4 is 0 Å². The van der Waals surface area contributed by atoms with Crippen LogP contribution in [0, 0.1) is 11.3 Å². The van der Waals surface area contributed by atoms with Crippen LogP contribution in [0.4, 0.5) is 0 Å². The van der Waals surface area contributed by atoms with E-state index >= 15 is 0 Å². The van der Waals surface area contributed by atoms with E-state index in [1.54, 1.807) is 4.57 Å². The minimum absolute atomic E-state index is 0.549. The SMILES string of the molecule is Cn1cc(CNCc2ncon2)cc1C#N. The van der Waals surface area contributed by atoms with E-state index in [9.17, 15) is 0 Å². The zero-order valence-electron chi connectivity index (χ0n) is 8.84. The van der Waals surface area contributed by atoms with Gasteiger partial charge in [0, 0.05) is 19.8 Å². The van der Waals surface area contributed by atoms with Gasteiger partial charge in [-0.15, -0.1) is 0 Å². The molecule has 0 aliphatic carbocycles. The maximum atomic E-state index is 8.78. The van der Waals surface area contributed by atoms with Crippen molar-refractivity contribution in [1.29, 1.82) is 5.26 Å². The van der Waals surface area contributed by atoms with E-state index < -0.39 is 0 Å². The molecule has 0 radical (unpaired) electrons. The number of nitrogens with zero attached hydrogens (tertiary/aromatic N) is 4. The van der Waals surface area contributed by atoms with Crippen LogP contribution in [0.25, 0.3) is 0 Å². The van der Waals surface area contributed by atoms with Crippen LogP contribution in [0.5, 0.6) is 0 Å². The molecule has 0 saturated heterocycles. The molecule has 0 amide bonds. The van der Waals surface area contributed by atoms with Crippen molar-refractivity contribution in [2.75, 3.05) is 0 Å². The van der Waals surface area contributed by atoms with Gasteiger partial charge in [0.25, 0.3) is 0 Å². The van der Waals surface area contributed by atoms with E-state index in [-0.39, 0.29) is 0 Å². The first-order chi connectivity index (χ1) is 7.79. The molecule has 82 valence electrons. The van der Waals surface area contributed by atoms with Gasteiger partial charge in [-0.1, -0.05) is 5.16 Å². The first-order valence-corrected chi connectivity index (χ1v) is 4.81. The molecule has 6 heteroatoms. The highest BCUT2D eigenvalue weighted by Gasteiger charge is 2.02. The highest BCUT2D eigenvalue weighted by atomic mass is 16.5. The van der Waals surface area contributed by atoms with Crippen molar-refractivity contribution in [1.82, 2.24) is 20.0 Å². The third-order valence-electron chi connectivity index (χ3n) is 2.20. The van der Waals surface area contributed by atoms with Crippen LogP contribution < -0.4 is 5.32 Å². The fourth-order valence-corrected chi connectivity index (χ4v) is 1.43. The van der Waals surface area contributed by atoms with Crippen LogP contribution in [-0.2, 0) is 20.1 Å². The summed E-state index contributed by atoms with van der Waals surface area (Å²) in [6.07, 6.45) is 3.22. The maximum Gasteiger partial charge on any atom is 0.213 e. The van der Waals surface area contributed by atoms with Gasteiger partial charge in [-0.3, -0.25) is 0 Å². The normalized spacial score (nSPS) is 10.2.